The maximum atomic E-state index is 12.4. The number of benzene rings is 2. The Hall–Kier alpha value is -4.46. The molecule has 0 spiro atoms. The van der Waals surface area contributed by atoms with Gasteiger partial charge in [-0.1, -0.05) is 6.07 Å². The molecular weight excluding hydrogens is 390 g/mol. The maximum Gasteiger partial charge on any atom is 0.257 e. The summed E-state index contributed by atoms with van der Waals surface area (Å²) < 4.78 is 1.83. The summed E-state index contributed by atoms with van der Waals surface area (Å²) in [7, 11) is 0. The normalized spacial score (nSPS) is 10.9. The van der Waals surface area contributed by atoms with Gasteiger partial charge in [0.05, 0.1) is 23.0 Å². The van der Waals surface area contributed by atoms with E-state index < -0.39 is 0 Å². The predicted molar refractivity (Wildman–Crippen MR) is 120 cm³/mol. The third-order valence-corrected chi connectivity index (χ3v) is 4.87. The third kappa shape index (κ3) is 3.86. The Morgan fingerprint density at radius 1 is 1.00 bits per heavy atom. The molecule has 31 heavy (non-hydrogen) atoms. The number of hydrogen-bond donors (Lipinski definition) is 3. The summed E-state index contributed by atoms with van der Waals surface area (Å²) >= 11 is 0. The first-order valence-corrected chi connectivity index (χ1v) is 9.74. The highest BCUT2D eigenvalue weighted by atomic mass is 16.1. The van der Waals surface area contributed by atoms with Gasteiger partial charge in [-0.2, -0.15) is 5.10 Å². The number of amides is 1. The first-order chi connectivity index (χ1) is 15.2. The van der Waals surface area contributed by atoms with Crippen LogP contribution in [0.15, 0.2) is 79.3 Å². The molecule has 0 aliphatic rings. The second-order valence-electron chi connectivity index (χ2n) is 7.13. The molecule has 0 fully saturated rings. The minimum atomic E-state index is -0.209. The number of rotatable bonds is 5. The van der Waals surface area contributed by atoms with Crippen LogP contribution in [0.2, 0.25) is 0 Å². The van der Waals surface area contributed by atoms with Crippen molar-refractivity contribution in [3.05, 3.63) is 90.5 Å². The second-order valence-corrected chi connectivity index (χ2v) is 7.13. The molecule has 3 N–H and O–H groups in total. The first-order valence-electron chi connectivity index (χ1n) is 9.74. The zero-order chi connectivity index (χ0) is 21.2. The molecule has 3 aromatic heterocycles. The molecule has 8 nitrogen and oxygen atoms in total. The largest absolute Gasteiger partial charge is 0.339 e. The highest BCUT2D eigenvalue weighted by molar-refractivity contribution is 6.04. The van der Waals surface area contributed by atoms with E-state index in [0.717, 1.165) is 33.8 Å². The molecule has 0 bridgehead atoms. The lowest BCUT2D eigenvalue weighted by Crippen LogP contribution is -2.12. The zero-order valence-corrected chi connectivity index (χ0v) is 16.7. The Balaban J connectivity index is 1.37. The quantitative estimate of drug-likeness (QED) is 0.398. The number of aryl methyl sites for hydroxylation is 1. The van der Waals surface area contributed by atoms with Crippen molar-refractivity contribution in [3.8, 4) is 5.69 Å². The molecule has 1 amide bonds. The molecule has 0 aliphatic heterocycles. The van der Waals surface area contributed by atoms with Gasteiger partial charge in [0.1, 0.15) is 0 Å². The van der Waals surface area contributed by atoms with E-state index in [1.54, 1.807) is 24.5 Å². The summed E-state index contributed by atoms with van der Waals surface area (Å²) in [5.74, 6) is 0.518. The Morgan fingerprint density at radius 2 is 1.94 bits per heavy atom. The summed E-state index contributed by atoms with van der Waals surface area (Å²) in [6.45, 7) is 1.98. The summed E-state index contributed by atoms with van der Waals surface area (Å²) in [5.41, 5.74) is 4.90. The zero-order valence-electron chi connectivity index (χ0n) is 16.7. The van der Waals surface area contributed by atoms with Gasteiger partial charge >= 0.3 is 0 Å². The number of pyridine rings is 1. The number of aromatic amines is 1. The van der Waals surface area contributed by atoms with Crippen LogP contribution in [0, 0.1) is 6.92 Å². The standard InChI is InChI=1S/C23H19N7O/c1-15-10-22(26-19-7-8-21-17(11-19)14-25-28-21)29-30(15)20-6-2-5-18(12-20)27-23(31)16-4-3-9-24-13-16/h2-14H,1H3,(H,25,28)(H,26,29)(H,27,31). The smallest absolute Gasteiger partial charge is 0.257 e. The highest BCUT2D eigenvalue weighted by Gasteiger charge is 2.10. The van der Waals surface area contributed by atoms with Gasteiger partial charge in [0.25, 0.3) is 5.91 Å². The number of carbonyl (C=O) groups is 1. The average Bonchev–Trinajstić information content (AvgIpc) is 3.40. The van der Waals surface area contributed by atoms with E-state index in [9.17, 15) is 4.79 Å². The lowest BCUT2D eigenvalue weighted by atomic mass is 10.2. The minimum Gasteiger partial charge on any atom is -0.339 e. The molecule has 8 heteroatoms. The van der Waals surface area contributed by atoms with Crippen LogP contribution in [0.1, 0.15) is 16.1 Å². The van der Waals surface area contributed by atoms with E-state index >= 15 is 0 Å². The van der Waals surface area contributed by atoms with Gasteiger partial charge in [0, 0.05) is 40.9 Å². The molecule has 0 aliphatic carbocycles. The monoisotopic (exact) mass is 409 g/mol. The molecule has 0 atom stereocenters. The van der Waals surface area contributed by atoms with E-state index in [-0.39, 0.29) is 5.91 Å². The van der Waals surface area contributed by atoms with Crippen LogP contribution < -0.4 is 10.6 Å². The molecule has 5 rings (SSSR count). The van der Waals surface area contributed by atoms with Crippen molar-refractivity contribution in [1.29, 1.82) is 0 Å². The number of anilines is 3. The molecule has 0 saturated heterocycles. The Labute approximate surface area is 177 Å². The maximum absolute atomic E-state index is 12.4. The van der Waals surface area contributed by atoms with E-state index in [4.69, 9.17) is 0 Å². The van der Waals surface area contributed by atoms with Crippen LogP contribution in [0.5, 0.6) is 0 Å². The van der Waals surface area contributed by atoms with Gasteiger partial charge in [-0.05, 0) is 55.5 Å². The SMILES string of the molecule is Cc1cc(Nc2ccc3[nH]ncc3c2)nn1-c1cccc(NC(=O)c2cccnc2)c1. The minimum absolute atomic E-state index is 0.209. The van der Waals surface area contributed by atoms with Gasteiger partial charge in [0.15, 0.2) is 5.82 Å². The van der Waals surface area contributed by atoms with Crippen molar-refractivity contribution >= 4 is 34.0 Å². The fourth-order valence-corrected chi connectivity index (χ4v) is 3.38. The van der Waals surface area contributed by atoms with E-state index in [2.05, 4.69) is 30.9 Å². The lowest BCUT2D eigenvalue weighted by molar-refractivity contribution is 0.102. The van der Waals surface area contributed by atoms with Gasteiger partial charge in [-0.3, -0.25) is 14.9 Å². The summed E-state index contributed by atoms with van der Waals surface area (Å²) in [5, 5.41) is 18.9. The van der Waals surface area contributed by atoms with Gasteiger partial charge in [-0.25, -0.2) is 4.68 Å². The van der Waals surface area contributed by atoms with Crippen LogP contribution in [0.4, 0.5) is 17.2 Å². The van der Waals surface area contributed by atoms with Crippen molar-refractivity contribution in [3.63, 3.8) is 0 Å². The second kappa shape index (κ2) is 7.75. The van der Waals surface area contributed by atoms with Gasteiger partial charge in [0.2, 0.25) is 0 Å². The Bertz CT molecular complexity index is 1370. The van der Waals surface area contributed by atoms with Gasteiger partial charge in [-0.15, -0.1) is 5.10 Å². The number of hydrogen-bond acceptors (Lipinski definition) is 5. The lowest BCUT2D eigenvalue weighted by Gasteiger charge is -2.09. The van der Waals surface area contributed by atoms with E-state index in [1.807, 2.05) is 60.1 Å². The molecular formula is C23H19N7O. The van der Waals surface area contributed by atoms with E-state index in [1.165, 1.54) is 6.20 Å². The van der Waals surface area contributed by atoms with E-state index in [0.29, 0.717) is 11.3 Å². The van der Waals surface area contributed by atoms with Crippen LogP contribution in [-0.4, -0.2) is 30.9 Å². The number of aromatic nitrogens is 5. The molecule has 152 valence electrons. The molecule has 3 heterocycles. The Morgan fingerprint density at radius 3 is 2.81 bits per heavy atom. The molecule has 0 unspecified atom stereocenters. The molecule has 2 aromatic carbocycles. The van der Waals surface area contributed by atoms with Crippen LogP contribution >= 0.6 is 0 Å². The first kappa shape index (κ1) is 18.6. The average molecular weight is 409 g/mol. The summed E-state index contributed by atoms with van der Waals surface area (Å²) in [6, 6.07) is 19.0. The highest BCUT2D eigenvalue weighted by Crippen LogP contribution is 2.23. The van der Waals surface area contributed by atoms with Gasteiger partial charge < -0.3 is 10.6 Å². The fraction of sp³-hybridized carbons (Fsp3) is 0.0435. The topological polar surface area (TPSA) is 101 Å². The number of nitrogens with one attached hydrogen (secondary N) is 3. The number of H-pyrrole nitrogens is 1. The van der Waals surface area contributed by atoms with Crippen molar-refractivity contribution in [2.45, 2.75) is 6.92 Å². The fourth-order valence-electron chi connectivity index (χ4n) is 3.38. The summed E-state index contributed by atoms with van der Waals surface area (Å²) in [4.78, 5) is 16.4. The van der Waals surface area contributed by atoms with Crippen molar-refractivity contribution in [2.24, 2.45) is 0 Å². The van der Waals surface area contributed by atoms with Crippen LogP contribution in [0.3, 0.4) is 0 Å². The molecule has 5 aromatic rings. The number of carbonyl (C=O) groups excluding carboxylic acids is 1. The molecule has 0 radical (unpaired) electrons. The third-order valence-electron chi connectivity index (χ3n) is 4.87. The van der Waals surface area contributed by atoms with Crippen molar-refractivity contribution < 1.29 is 4.79 Å². The van der Waals surface area contributed by atoms with Crippen LogP contribution in [-0.2, 0) is 0 Å². The number of nitrogens with zero attached hydrogens (tertiary/aromatic N) is 4. The summed E-state index contributed by atoms with van der Waals surface area (Å²) in [6.07, 6.45) is 4.96. The van der Waals surface area contributed by atoms with Crippen molar-refractivity contribution in [1.82, 2.24) is 25.0 Å². The Kier molecular flexibility index (Phi) is 4.64. The molecule has 0 saturated carbocycles. The van der Waals surface area contributed by atoms with Crippen LogP contribution in [0.25, 0.3) is 16.6 Å². The predicted octanol–water partition coefficient (Wildman–Crippen LogP) is 4.45. The number of fused-ring (bicyclic) bond motifs is 1. The van der Waals surface area contributed by atoms with Crippen molar-refractivity contribution in [2.75, 3.05) is 10.6 Å².